The van der Waals surface area contributed by atoms with Crippen LogP contribution in [0.15, 0.2) is 48.5 Å². The van der Waals surface area contributed by atoms with E-state index in [1.54, 1.807) is 48.5 Å². The number of hydrogen-bond donors (Lipinski definition) is 0. The Balaban J connectivity index is 0.000000237. The Labute approximate surface area is 167 Å². The van der Waals surface area contributed by atoms with E-state index in [2.05, 4.69) is 9.97 Å². The third kappa shape index (κ3) is 5.63. The van der Waals surface area contributed by atoms with E-state index in [-0.39, 0.29) is 11.0 Å². The summed E-state index contributed by atoms with van der Waals surface area (Å²) in [7, 11) is 0. The van der Waals surface area contributed by atoms with Crippen molar-refractivity contribution >= 4 is 17.9 Å². The summed E-state index contributed by atoms with van der Waals surface area (Å²) in [6.07, 6.45) is 0.738. The van der Waals surface area contributed by atoms with Crippen molar-refractivity contribution in [2.75, 3.05) is 0 Å². The van der Waals surface area contributed by atoms with Gasteiger partial charge in [-0.1, -0.05) is 23.7 Å². The zero-order valence-electron chi connectivity index (χ0n) is 15.2. The highest BCUT2D eigenvalue weighted by Gasteiger charge is 2.07. The van der Waals surface area contributed by atoms with Gasteiger partial charge in [0.2, 0.25) is 5.88 Å². The third-order valence-corrected chi connectivity index (χ3v) is 3.73. The van der Waals surface area contributed by atoms with Gasteiger partial charge in [0.15, 0.2) is 0 Å². The minimum absolute atomic E-state index is 0.251. The molecule has 6 nitrogen and oxygen atoms in total. The molecular formula is C21H15ClN4O2. The van der Waals surface area contributed by atoms with E-state index in [1.165, 1.54) is 0 Å². The smallest absolute Gasteiger partial charge is 0.237 e. The number of hydrogen-bond acceptors (Lipinski definition) is 6. The average molecular weight is 391 g/mol. The molecule has 0 saturated carbocycles. The second-order valence-electron chi connectivity index (χ2n) is 5.61. The van der Waals surface area contributed by atoms with Crippen LogP contribution >= 0.6 is 11.6 Å². The lowest BCUT2D eigenvalue weighted by atomic mass is 10.2. The maximum atomic E-state index is 10.7. The van der Waals surface area contributed by atoms with E-state index >= 15 is 0 Å². The van der Waals surface area contributed by atoms with Crippen LogP contribution in [-0.2, 0) is 0 Å². The first-order chi connectivity index (χ1) is 13.5. The van der Waals surface area contributed by atoms with E-state index in [0.29, 0.717) is 22.4 Å². The van der Waals surface area contributed by atoms with Crippen LogP contribution in [0, 0.1) is 36.5 Å². The zero-order valence-corrected chi connectivity index (χ0v) is 15.9. The van der Waals surface area contributed by atoms with Crippen molar-refractivity contribution in [3.63, 3.8) is 0 Å². The summed E-state index contributed by atoms with van der Waals surface area (Å²) in [5.41, 5.74) is 2.88. The van der Waals surface area contributed by atoms with E-state index in [4.69, 9.17) is 26.9 Å². The summed E-state index contributed by atoms with van der Waals surface area (Å²) in [6.45, 7) is 3.64. The molecule has 2 aromatic heterocycles. The van der Waals surface area contributed by atoms with Gasteiger partial charge in [-0.2, -0.15) is 10.5 Å². The van der Waals surface area contributed by atoms with Crippen LogP contribution < -0.4 is 4.74 Å². The summed E-state index contributed by atoms with van der Waals surface area (Å²) in [5.74, 6) is 0.731. The van der Waals surface area contributed by atoms with Gasteiger partial charge in [0.25, 0.3) is 0 Å². The highest BCUT2D eigenvalue weighted by Crippen LogP contribution is 2.23. The number of aldehydes is 1. The summed E-state index contributed by atoms with van der Waals surface area (Å²) >= 11 is 5.60. The SMILES string of the molecule is Cc1ccc(C#N)c(Cl)n1.Cc1ccc(C#N)c(Oc2cccc(C=O)c2)n1. The molecule has 0 spiro atoms. The fraction of sp³-hybridized carbons (Fsp3) is 0.0952. The van der Waals surface area contributed by atoms with E-state index < -0.39 is 0 Å². The van der Waals surface area contributed by atoms with Gasteiger partial charge in [0.1, 0.15) is 34.9 Å². The lowest BCUT2D eigenvalue weighted by molar-refractivity contribution is 0.112. The van der Waals surface area contributed by atoms with Crippen LogP contribution in [0.25, 0.3) is 0 Å². The molecule has 138 valence electrons. The Kier molecular flexibility index (Phi) is 7.21. The van der Waals surface area contributed by atoms with Gasteiger partial charge in [-0.25, -0.2) is 9.97 Å². The van der Waals surface area contributed by atoms with Gasteiger partial charge < -0.3 is 4.74 Å². The van der Waals surface area contributed by atoms with E-state index in [0.717, 1.165) is 17.7 Å². The molecule has 2 heterocycles. The number of nitrogens with zero attached hydrogens (tertiary/aromatic N) is 4. The largest absolute Gasteiger partial charge is 0.438 e. The number of aromatic nitrogens is 2. The standard InChI is InChI=1S/C14H10N2O2.C7H5ClN2/c1-10-5-6-12(8-15)14(16-10)18-13-4-2-3-11(7-13)9-17;1-5-2-3-6(4-9)7(8)10-5/h2-7,9H,1H3;2-3H,1H3. The van der Waals surface area contributed by atoms with Crippen molar-refractivity contribution in [2.45, 2.75) is 13.8 Å². The fourth-order valence-electron chi connectivity index (χ4n) is 2.07. The molecule has 0 unspecified atom stereocenters. The normalized spacial score (nSPS) is 9.32. The van der Waals surface area contributed by atoms with Crippen molar-refractivity contribution in [1.29, 1.82) is 10.5 Å². The van der Waals surface area contributed by atoms with Crippen molar-refractivity contribution in [2.24, 2.45) is 0 Å². The van der Waals surface area contributed by atoms with Crippen LogP contribution in [0.4, 0.5) is 0 Å². The van der Waals surface area contributed by atoms with Crippen molar-refractivity contribution in [1.82, 2.24) is 9.97 Å². The number of nitriles is 2. The Bertz CT molecular complexity index is 1080. The molecule has 0 aliphatic heterocycles. The Morgan fingerprint density at radius 2 is 1.61 bits per heavy atom. The number of rotatable bonds is 3. The molecule has 0 saturated heterocycles. The first-order valence-corrected chi connectivity index (χ1v) is 8.48. The molecule has 0 aliphatic rings. The molecule has 0 radical (unpaired) electrons. The minimum Gasteiger partial charge on any atom is -0.438 e. The maximum absolute atomic E-state index is 10.7. The van der Waals surface area contributed by atoms with Crippen molar-refractivity contribution < 1.29 is 9.53 Å². The lowest BCUT2D eigenvalue weighted by Gasteiger charge is -2.07. The van der Waals surface area contributed by atoms with Gasteiger partial charge in [-0.15, -0.1) is 0 Å². The van der Waals surface area contributed by atoms with E-state index in [1.807, 2.05) is 26.0 Å². The number of benzene rings is 1. The molecule has 0 atom stereocenters. The summed E-state index contributed by atoms with van der Waals surface area (Å²) in [5, 5.41) is 17.7. The van der Waals surface area contributed by atoms with Gasteiger partial charge >= 0.3 is 0 Å². The Hall–Kier alpha value is -3.74. The zero-order chi connectivity index (χ0) is 20.5. The van der Waals surface area contributed by atoms with Crippen molar-refractivity contribution in [3.05, 3.63) is 81.8 Å². The second kappa shape index (κ2) is 9.82. The molecule has 0 amide bonds. The predicted molar refractivity (Wildman–Crippen MR) is 104 cm³/mol. The Morgan fingerprint density at radius 1 is 0.964 bits per heavy atom. The highest BCUT2D eigenvalue weighted by molar-refractivity contribution is 6.30. The topological polar surface area (TPSA) is 99.7 Å². The number of ether oxygens (including phenoxy) is 1. The monoisotopic (exact) mass is 390 g/mol. The van der Waals surface area contributed by atoms with Gasteiger partial charge in [0.05, 0.1) is 5.56 Å². The van der Waals surface area contributed by atoms with Crippen LogP contribution in [0.5, 0.6) is 11.6 Å². The number of carbonyl (C=O) groups excluding carboxylic acids is 1. The molecule has 0 bridgehead atoms. The van der Waals surface area contributed by atoms with E-state index in [9.17, 15) is 4.79 Å². The van der Waals surface area contributed by atoms with Gasteiger partial charge in [-0.3, -0.25) is 4.79 Å². The molecule has 3 aromatic rings. The lowest BCUT2D eigenvalue weighted by Crippen LogP contribution is -1.94. The van der Waals surface area contributed by atoms with Crippen LogP contribution in [-0.4, -0.2) is 16.3 Å². The predicted octanol–water partition coefficient (Wildman–Crippen LogP) is 4.78. The number of aryl methyl sites for hydroxylation is 2. The molecular weight excluding hydrogens is 376 g/mol. The van der Waals surface area contributed by atoms with Gasteiger partial charge in [0, 0.05) is 17.0 Å². The molecule has 3 rings (SSSR count). The molecule has 1 aromatic carbocycles. The summed E-state index contributed by atoms with van der Waals surface area (Å²) in [6, 6.07) is 17.4. The number of pyridine rings is 2. The third-order valence-electron chi connectivity index (χ3n) is 3.44. The van der Waals surface area contributed by atoms with Gasteiger partial charge in [-0.05, 0) is 50.2 Å². The minimum atomic E-state index is 0.251. The number of halogens is 1. The first kappa shape index (κ1) is 20.6. The van der Waals surface area contributed by atoms with Crippen LogP contribution in [0.1, 0.15) is 32.9 Å². The molecule has 7 heteroatoms. The molecule has 28 heavy (non-hydrogen) atoms. The quantitative estimate of drug-likeness (QED) is 0.471. The summed E-state index contributed by atoms with van der Waals surface area (Å²) in [4.78, 5) is 18.7. The first-order valence-electron chi connectivity index (χ1n) is 8.11. The maximum Gasteiger partial charge on any atom is 0.237 e. The molecule has 0 N–H and O–H groups in total. The Morgan fingerprint density at radius 3 is 2.21 bits per heavy atom. The fourth-order valence-corrected chi connectivity index (χ4v) is 2.31. The molecule has 0 aliphatic carbocycles. The van der Waals surface area contributed by atoms with Crippen LogP contribution in [0.3, 0.4) is 0 Å². The molecule has 0 fully saturated rings. The average Bonchev–Trinajstić information content (AvgIpc) is 2.69. The van der Waals surface area contributed by atoms with Crippen molar-refractivity contribution in [3.8, 4) is 23.8 Å². The highest BCUT2D eigenvalue weighted by atomic mass is 35.5. The second-order valence-corrected chi connectivity index (χ2v) is 5.97. The summed E-state index contributed by atoms with van der Waals surface area (Å²) < 4.78 is 5.53. The number of carbonyl (C=O) groups is 1. The van der Waals surface area contributed by atoms with Crippen LogP contribution in [0.2, 0.25) is 5.15 Å².